The lowest BCUT2D eigenvalue weighted by Crippen LogP contribution is -1.77. The van der Waals surface area contributed by atoms with E-state index in [1.807, 2.05) is 57.2 Å². The summed E-state index contributed by atoms with van der Waals surface area (Å²) in [5.74, 6) is 0. The van der Waals surface area contributed by atoms with Crippen LogP contribution in [0.2, 0.25) is 0 Å². The third kappa shape index (κ3) is 6.02. The molecule has 0 aliphatic carbocycles. The third-order valence-corrected chi connectivity index (χ3v) is 1.80. The van der Waals surface area contributed by atoms with Gasteiger partial charge in [-0.2, -0.15) is 0 Å². The molecule has 0 amide bonds. The van der Waals surface area contributed by atoms with Gasteiger partial charge in [0.15, 0.2) is 0 Å². The summed E-state index contributed by atoms with van der Waals surface area (Å²) >= 11 is 0. The van der Waals surface area contributed by atoms with Crippen LogP contribution in [0.4, 0.5) is 0 Å². The van der Waals surface area contributed by atoms with Crippen LogP contribution in [0.1, 0.15) is 33.8 Å². The Hall–Kier alpha value is -1.56. The molecule has 0 atom stereocenters. The topological polar surface area (TPSA) is 0 Å². The number of rotatable bonds is 3. The van der Waals surface area contributed by atoms with Crippen LogP contribution in [-0.4, -0.2) is 0 Å². The molecule has 0 bridgehead atoms. The van der Waals surface area contributed by atoms with E-state index in [1.54, 1.807) is 0 Å². The molecule has 0 aromatic heterocycles. The maximum absolute atomic E-state index is 3.79. The summed E-state index contributed by atoms with van der Waals surface area (Å²) in [6.07, 6.45) is 7.95. The average molecular weight is 216 g/mol. The second kappa shape index (κ2) is 11.5. The highest BCUT2D eigenvalue weighted by molar-refractivity contribution is 5.74. The van der Waals surface area contributed by atoms with Gasteiger partial charge in [-0.05, 0) is 18.1 Å². The molecule has 0 saturated carbocycles. The van der Waals surface area contributed by atoms with E-state index in [2.05, 4.69) is 24.8 Å². The van der Waals surface area contributed by atoms with Crippen LogP contribution < -0.4 is 0 Å². The number of hydrogen-bond donors (Lipinski definition) is 0. The van der Waals surface area contributed by atoms with Gasteiger partial charge in [-0.15, -0.1) is 0 Å². The zero-order valence-corrected chi connectivity index (χ0v) is 9.90. The molecule has 0 N–H and O–H groups in total. The van der Waals surface area contributed by atoms with E-state index < -0.39 is 0 Å². The van der Waals surface area contributed by atoms with E-state index in [-0.39, 0.29) is 7.43 Å². The Balaban J connectivity index is 0. The van der Waals surface area contributed by atoms with E-state index in [9.17, 15) is 0 Å². The van der Waals surface area contributed by atoms with Crippen molar-refractivity contribution in [2.24, 2.45) is 0 Å². The molecular weight excluding hydrogens is 192 g/mol. The van der Waals surface area contributed by atoms with Crippen molar-refractivity contribution in [1.29, 1.82) is 0 Å². The Morgan fingerprint density at radius 2 is 1.69 bits per heavy atom. The zero-order valence-electron chi connectivity index (χ0n) is 9.90. The van der Waals surface area contributed by atoms with Crippen molar-refractivity contribution in [2.45, 2.75) is 28.2 Å². The first-order valence-electron chi connectivity index (χ1n) is 5.39. The van der Waals surface area contributed by atoms with Crippen LogP contribution in [0, 0.1) is 0 Å². The summed E-state index contributed by atoms with van der Waals surface area (Å²) in [4.78, 5) is 0. The molecule has 1 aromatic carbocycles. The lowest BCUT2D eigenvalue weighted by molar-refractivity contribution is 1.50. The Bertz CT molecular complexity index is 315. The first-order valence-corrected chi connectivity index (χ1v) is 5.39. The fraction of sp³-hybridized carbons (Fsp3) is 0.250. The first kappa shape index (κ1) is 16.9. The molecule has 0 radical (unpaired) electrons. The molecule has 0 saturated heterocycles. The molecule has 0 unspecified atom stereocenters. The Labute approximate surface area is 101 Å². The minimum Gasteiger partial charge on any atom is -0.0984 e. The Morgan fingerprint density at radius 3 is 2.12 bits per heavy atom. The minimum absolute atomic E-state index is 0. The predicted molar refractivity (Wildman–Crippen MR) is 77.5 cm³/mol. The van der Waals surface area contributed by atoms with Gasteiger partial charge in [-0.1, -0.05) is 82.5 Å². The van der Waals surface area contributed by atoms with Gasteiger partial charge in [-0.3, -0.25) is 0 Å². The SMILES string of the molecule is C.C=C/C(=C\C=C/C)c1ccccc1.CC. The summed E-state index contributed by atoms with van der Waals surface area (Å²) < 4.78 is 0. The summed E-state index contributed by atoms with van der Waals surface area (Å²) in [6, 6.07) is 10.2. The smallest absolute Gasteiger partial charge is 0.0184 e. The first-order chi connectivity index (χ1) is 7.38. The summed E-state index contributed by atoms with van der Waals surface area (Å²) in [5, 5.41) is 0. The third-order valence-electron chi connectivity index (χ3n) is 1.80. The van der Waals surface area contributed by atoms with Crippen molar-refractivity contribution in [3.8, 4) is 0 Å². The standard InChI is InChI=1S/C13H14.C2H6.CH4/c1-3-5-9-12(4-2)13-10-7-6-8-11-13;1-2;/h3-11H,2H2,1H3;1-2H3;1H4/b5-3-,12-9+;;. The fourth-order valence-electron chi connectivity index (χ4n) is 1.11. The summed E-state index contributed by atoms with van der Waals surface area (Å²) in [7, 11) is 0. The van der Waals surface area contributed by atoms with Crippen LogP contribution in [0.15, 0.2) is 61.2 Å². The van der Waals surface area contributed by atoms with Crippen LogP contribution in [0.5, 0.6) is 0 Å². The highest BCUT2D eigenvalue weighted by Crippen LogP contribution is 2.14. The second-order valence-electron chi connectivity index (χ2n) is 2.72. The van der Waals surface area contributed by atoms with Crippen molar-refractivity contribution in [3.05, 3.63) is 66.8 Å². The molecule has 0 aliphatic rings. The molecule has 16 heavy (non-hydrogen) atoms. The monoisotopic (exact) mass is 216 g/mol. The normalized spacial score (nSPS) is 10.1. The van der Waals surface area contributed by atoms with Crippen LogP contribution in [0.25, 0.3) is 5.57 Å². The molecule has 0 spiro atoms. The van der Waals surface area contributed by atoms with Gasteiger partial charge in [0, 0.05) is 0 Å². The molecule has 1 aromatic rings. The number of allylic oxidation sites excluding steroid dienone is 5. The van der Waals surface area contributed by atoms with Gasteiger partial charge >= 0.3 is 0 Å². The Morgan fingerprint density at radius 1 is 1.12 bits per heavy atom. The largest absolute Gasteiger partial charge is 0.0984 e. The number of hydrogen-bond acceptors (Lipinski definition) is 0. The van der Waals surface area contributed by atoms with Crippen LogP contribution in [0.3, 0.4) is 0 Å². The molecular formula is C16H24. The highest BCUT2D eigenvalue weighted by Gasteiger charge is 1.92. The maximum atomic E-state index is 3.79. The molecule has 1 rings (SSSR count). The van der Waals surface area contributed by atoms with Gasteiger partial charge in [0.2, 0.25) is 0 Å². The van der Waals surface area contributed by atoms with E-state index in [0.717, 1.165) is 5.57 Å². The average Bonchev–Trinajstić information content (AvgIpc) is 2.34. The van der Waals surface area contributed by atoms with E-state index in [1.165, 1.54) is 5.56 Å². The van der Waals surface area contributed by atoms with Gasteiger partial charge < -0.3 is 0 Å². The lowest BCUT2D eigenvalue weighted by Gasteiger charge is -1.99. The van der Waals surface area contributed by atoms with Gasteiger partial charge in [-0.25, -0.2) is 0 Å². The fourth-order valence-corrected chi connectivity index (χ4v) is 1.11. The molecule has 0 fully saturated rings. The van der Waals surface area contributed by atoms with Gasteiger partial charge in [0.05, 0.1) is 0 Å². The quantitative estimate of drug-likeness (QED) is 0.586. The van der Waals surface area contributed by atoms with Crippen molar-refractivity contribution in [3.63, 3.8) is 0 Å². The molecule has 0 heterocycles. The van der Waals surface area contributed by atoms with Gasteiger partial charge in [0.25, 0.3) is 0 Å². The Kier molecular flexibility index (Phi) is 12.1. The van der Waals surface area contributed by atoms with E-state index in [4.69, 9.17) is 0 Å². The van der Waals surface area contributed by atoms with E-state index >= 15 is 0 Å². The molecule has 0 heteroatoms. The van der Waals surface area contributed by atoms with Crippen molar-refractivity contribution in [1.82, 2.24) is 0 Å². The minimum atomic E-state index is 0. The molecule has 0 nitrogen and oxygen atoms in total. The van der Waals surface area contributed by atoms with Gasteiger partial charge in [0.1, 0.15) is 0 Å². The summed E-state index contributed by atoms with van der Waals surface area (Å²) in [6.45, 7) is 9.79. The maximum Gasteiger partial charge on any atom is -0.0184 e. The van der Waals surface area contributed by atoms with Crippen molar-refractivity contribution < 1.29 is 0 Å². The zero-order chi connectivity index (χ0) is 11.5. The van der Waals surface area contributed by atoms with Crippen LogP contribution in [-0.2, 0) is 0 Å². The second-order valence-corrected chi connectivity index (χ2v) is 2.72. The summed E-state index contributed by atoms with van der Waals surface area (Å²) in [5.41, 5.74) is 2.36. The van der Waals surface area contributed by atoms with E-state index in [0.29, 0.717) is 0 Å². The molecule has 0 aliphatic heterocycles. The van der Waals surface area contributed by atoms with Crippen LogP contribution >= 0.6 is 0 Å². The van der Waals surface area contributed by atoms with Crippen molar-refractivity contribution in [2.75, 3.05) is 0 Å². The lowest BCUT2D eigenvalue weighted by atomic mass is 10.1. The number of benzene rings is 1. The van der Waals surface area contributed by atoms with Crippen molar-refractivity contribution >= 4 is 5.57 Å². The highest BCUT2D eigenvalue weighted by atomic mass is 14.0. The predicted octanol–water partition coefficient (Wildman–Crippen LogP) is 5.49. The molecule has 88 valence electrons.